The number of allylic oxidation sites excluding steroid dienone is 4. The van der Waals surface area contributed by atoms with E-state index < -0.39 is 0 Å². The second-order valence-corrected chi connectivity index (χ2v) is 14.5. The minimum atomic E-state index is 0.437. The van der Waals surface area contributed by atoms with Crippen LogP contribution in [-0.2, 0) is 0 Å². The lowest BCUT2D eigenvalue weighted by atomic mass is 9.58. The van der Waals surface area contributed by atoms with E-state index in [1.165, 1.54) is 57.1 Å². The quantitative estimate of drug-likeness (QED) is 0.158. The Balaban J connectivity index is 1.21. The monoisotopic (exact) mass is 626 g/mol. The number of para-hydroxylation sites is 2. The van der Waals surface area contributed by atoms with Crippen molar-refractivity contribution in [2.24, 2.45) is 17.8 Å². The molecule has 4 aliphatic rings. The van der Waals surface area contributed by atoms with Crippen LogP contribution in [0.5, 0.6) is 0 Å². The molecule has 2 heteroatoms. The van der Waals surface area contributed by atoms with E-state index in [-0.39, 0.29) is 0 Å². The zero-order chi connectivity index (χ0) is 32.9. The van der Waals surface area contributed by atoms with Crippen LogP contribution in [0.25, 0.3) is 22.3 Å². The van der Waals surface area contributed by atoms with Gasteiger partial charge in [-0.25, -0.2) is 0 Å². The number of rotatable bonds is 8. The SMILES string of the molecule is CC1=CC2c3c(-c4ccc(N(C)c5ccccc5)cc4)ccc(-c4ccc(N(C5=CC[C@@H]5C)c5ccccc5)cc4)c3C1CC2C(C)C. The van der Waals surface area contributed by atoms with E-state index in [4.69, 9.17) is 0 Å². The number of fused-ring (bicyclic) bond motifs is 1. The van der Waals surface area contributed by atoms with Crippen molar-refractivity contribution < 1.29 is 0 Å². The Morgan fingerprint density at radius 1 is 0.625 bits per heavy atom. The van der Waals surface area contributed by atoms with E-state index >= 15 is 0 Å². The standard InChI is InChI=1S/C46H46N2/c1-30(2)41-29-42-32(4)28-43(41)46-40(33-17-21-36(22-18-33)47(5)35-12-8-6-9-13-35)26-25-39(45(42)46)34-19-23-38(24-20-34)48(44-27-16-31(44)3)37-14-10-7-11-15-37/h6-15,17-28,30-31,41-43H,16,29H2,1-5H3/t31-,41?,42?,43?/m0/s1. The van der Waals surface area contributed by atoms with E-state index in [0.717, 1.165) is 6.42 Å². The second kappa shape index (κ2) is 12.3. The summed E-state index contributed by atoms with van der Waals surface area (Å²) in [6.07, 6.45) is 7.37. The molecule has 4 atom stereocenters. The molecule has 3 unspecified atom stereocenters. The Bertz CT molecular complexity index is 1980. The van der Waals surface area contributed by atoms with Gasteiger partial charge in [0, 0.05) is 47.3 Å². The first kappa shape index (κ1) is 30.5. The van der Waals surface area contributed by atoms with Gasteiger partial charge in [-0.05, 0) is 119 Å². The highest BCUT2D eigenvalue weighted by atomic mass is 15.2. The third-order valence-electron chi connectivity index (χ3n) is 11.4. The van der Waals surface area contributed by atoms with Gasteiger partial charge in [0.25, 0.3) is 0 Å². The molecule has 0 spiro atoms. The lowest BCUT2D eigenvalue weighted by molar-refractivity contribution is 0.281. The summed E-state index contributed by atoms with van der Waals surface area (Å²) < 4.78 is 0. The molecule has 9 rings (SSSR count). The minimum Gasteiger partial charge on any atom is -0.345 e. The molecule has 240 valence electrons. The summed E-state index contributed by atoms with van der Waals surface area (Å²) in [5.41, 5.74) is 16.3. The molecule has 4 aliphatic carbocycles. The van der Waals surface area contributed by atoms with Crippen LogP contribution in [-0.4, -0.2) is 7.05 Å². The van der Waals surface area contributed by atoms with E-state index in [1.807, 2.05) is 0 Å². The minimum absolute atomic E-state index is 0.437. The van der Waals surface area contributed by atoms with Gasteiger partial charge in [-0.2, -0.15) is 0 Å². The summed E-state index contributed by atoms with van der Waals surface area (Å²) in [6, 6.07) is 44.8. The van der Waals surface area contributed by atoms with Crippen molar-refractivity contribution >= 4 is 22.7 Å². The van der Waals surface area contributed by atoms with Crippen molar-refractivity contribution in [2.45, 2.75) is 52.4 Å². The van der Waals surface area contributed by atoms with E-state index in [9.17, 15) is 0 Å². The average Bonchev–Trinajstić information content (AvgIpc) is 3.13. The fourth-order valence-electron chi connectivity index (χ4n) is 8.58. The van der Waals surface area contributed by atoms with Gasteiger partial charge in [-0.15, -0.1) is 0 Å². The fraction of sp³-hybridized carbons (Fsp3) is 0.261. The molecule has 5 aromatic rings. The van der Waals surface area contributed by atoms with E-state index in [2.05, 4.69) is 178 Å². The predicted octanol–water partition coefficient (Wildman–Crippen LogP) is 12.7. The molecule has 0 amide bonds. The second-order valence-electron chi connectivity index (χ2n) is 14.5. The molecule has 0 aromatic heterocycles. The molecule has 0 saturated heterocycles. The highest BCUT2D eigenvalue weighted by Gasteiger charge is 2.43. The third-order valence-corrected chi connectivity index (χ3v) is 11.4. The van der Waals surface area contributed by atoms with Gasteiger partial charge < -0.3 is 9.80 Å². The van der Waals surface area contributed by atoms with Crippen LogP contribution in [0.1, 0.15) is 63.5 Å². The van der Waals surface area contributed by atoms with Crippen molar-refractivity contribution in [1.29, 1.82) is 0 Å². The lowest BCUT2D eigenvalue weighted by Crippen LogP contribution is -2.32. The number of nitrogens with zero attached hydrogens (tertiary/aromatic N) is 2. The summed E-state index contributed by atoms with van der Waals surface area (Å²) in [6.45, 7) is 9.54. The largest absolute Gasteiger partial charge is 0.345 e. The summed E-state index contributed by atoms with van der Waals surface area (Å²) in [5.74, 6) is 2.75. The zero-order valence-corrected chi connectivity index (χ0v) is 28.9. The molecule has 2 nitrogen and oxygen atoms in total. The van der Waals surface area contributed by atoms with Crippen molar-refractivity contribution in [3.8, 4) is 22.3 Å². The number of benzene rings is 5. The lowest BCUT2D eigenvalue weighted by Gasteiger charge is -2.46. The summed E-state index contributed by atoms with van der Waals surface area (Å²) in [4.78, 5) is 4.70. The summed E-state index contributed by atoms with van der Waals surface area (Å²) in [5, 5.41) is 0. The van der Waals surface area contributed by atoms with Crippen LogP contribution in [0.15, 0.2) is 145 Å². The summed E-state index contributed by atoms with van der Waals surface area (Å²) in [7, 11) is 2.15. The van der Waals surface area contributed by atoms with Gasteiger partial charge in [0.15, 0.2) is 0 Å². The van der Waals surface area contributed by atoms with Gasteiger partial charge in [-0.1, -0.05) is 111 Å². The first-order valence-electron chi connectivity index (χ1n) is 17.8. The van der Waals surface area contributed by atoms with Gasteiger partial charge in [0.2, 0.25) is 0 Å². The summed E-state index contributed by atoms with van der Waals surface area (Å²) >= 11 is 0. The molecule has 0 saturated carbocycles. The van der Waals surface area contributed by atoms with E-state index in [0.29, 0.717) is 29.6 Å². The van der Waals surface area contributed by atoms with Gasteiger partial charge in [-0.3, -0.25) is 0 Å². The predicted molar refractivity (Wildman–Crippen MR) is 204 cm³/mol. The van der Waals surface area contributed by atoms with Crippen LogP contribution in [0.3, 0.4) is 0 Å². The van der Waals surface area contributed by atoms with Gasteiger partial charge in [0.1, 0.15) is 0 Å². The molecule has 2 bridgehead atoms. The number of hydrogen-bond acceptors (Lipinski definition) is 2. The van der Waals surface area contributed by atoms with Crippen LogP contribution < -0.4 is 9.80 Å². The van der Waals surface area contributed by atoms with Crippen molar-refractivity contribution in [2.75, 3.05) is 16.8 Å². The number of anilines is 4. The Hall–Kier alpha value is -4.82. The number of hydrogen-bond donors (Lipinski definition) is 0. The molecule has 48 heavy (non-hydrogen) atoms. The van der Waals surface area contributed by atoms with Crippen LogP contribution in [0.2, 0.25) is 0 Å². The smallest absolute Gasteiger partial charge is 0.0458 e. The third kappa shape index (κ3) is 5.19. The molecular weight excluding hydrogens is 581 g/mol. The van der Waals surface area contributed by atoms with Crippen LogP contribution in [0, 0.1) is 17.8 Å². The highest BCUT2D eigenvalue weighted by molar-refractivity contribution is 5.83. The first-order valence-corrected chi connectivity index (χ1v) is 17.8. The normalized spacial score (nSPS) is 20.9. The Morgan fingerprint density at radius 2 is 1.15 bits per heavy atom. The van der Waals surface area contributed by atoms with Crippen LogP contribution >= 0.6 is 0 Å². The molecule has 0 fully saturated rings. The Labute approximate surface area is 287 Å². The van der Waals surface area contributed by atoms with Crippen molar-refractivity contribution in [1.82, 2.24) is 0 Å². The Morgan fingerprint density at radius 3 is 1.69 bits per heavy atom. The van der Waals surface area contributed by atoms with Gasteiger partial charge in [0.05, 0.1) is 0 Å². The van der Waals surface area contributed by atoms with Crippen molar-refractivity contribution in [3.63, 3.8) is 0 Å². The highest BCUT2D eigenvalue weighted by Crippen LogP contribution is 2.58. The molecule has 0 radical (unpaired) electrons. The average molecular weight is 627 g/mol. The molecule has 0 heterocycles. The van der Waals surface area contributed by atoms with Gasteiger partial charge >= 0.3 is 0 Å². The maximum Gasteiger partial charge on any atom is 0.0458 e. The zero-order valence-electron chi connectivity index (χ0n) is 28.9. The van der Waals surface area contributed by atoms with Crippen LogP contribution in [0.4, 0.5) is 22.7 Å². The molecular formula is C46H46N2. The van der Waals surface area contributed by atoms with E-state index in [1.54, 1.807) is 16.7 Å². The maximum absolute atomic E-state index is 2.61. The molecule has 5 aromatic carbocycles. The topological polar surface area (TPSA) is 6.48 Å². The molecule has 0 aliphatic heterocycles. The first-order chi connectivity index (χ1) is 23.4. The Kier molecular flexibility index (Phi) is 7.83. The maximum atomic E-state index is 2.61. The van der Waals surface area contributed by atoms with Crippen molar-refractivity contribution in [3.05, 3.63) is 156 Å². The fourth-order valence-corrected chi connectivity index (χ4v) is 8.58. The molecule has 0 N–H and O–H groups in total.